The van der Waals surface area contributed by atoms with E-state index >= 15 is 0 Å². The van der Waals surface area contributed by atoms with Gasteiger partial charge >= 0.3 is 5.97 Å². The summed E-state index contributed by atoms with van der Waals surface area (Å²) >= 11 is 0. The first-order chi connectivity index (χ1) is 12.4. The van der Waals surface area contributed by atoms with E-state index in [1.54, 1.807) is 44.5 Å². The molecule has 2 rings (SSSR count). The van der Waals surface area contributed by atoms with Crippen LogP contribution in [0.2, 0.25) is 0 Å². The molecule has 0 saturated heterocycles. The van der Waals surface area contributed by atoms with E-state index in [4.69, 9.17) is 19.9 Å². The number of ether oxygens (including phenoxy) is 3. The Morgan fingerprint density at radius 3 is 2.73 bits per heavy atom. The van der Waals surface area contributed by atoms with Crippen LogP contribution in [0.3, 0.4) is 0 Å². The summed E-state index contributed by atoms with van der Waals surface area (Å²) in [7, 11) is 0. The van der Waals surface area contributed by atoms with Crippen LogP contribution in [-0.2, 0) is 9.53 Å². The van der Waals surface area contributed by atoms with Gasteiger partial charge in [0, 0.05) is 0 Å². The molecule has 0 saturated carbocycles. The number of hydrogen-bond acceptors (Lipinski definition) is 7. The van der Waals surface area contributed by atoms with E-state index in [0.717, 1.165) is 11.3 Å². The molecule has 8 nitrogen and oxygen atoms in total. The molecule has 0 aliphatic rings. The van der Waals surface area contributed by atoms with Gasteiger partial charge in [0.1, 0.15) is 0 Å². The smallest absolute Gasteiger partial charge is 0.347 e. The molecule has 1 atom stereocenters. The number of anilines is 1. The number of benzene rings is 1. The Morgan fingerprint density at radius 1 is 1.35 bits per heavy atom. The Balaban J connectivity index is 2.19. The number of rotatable bonds is 8. The van der Waals surface area contributed by atoms with Crippen molar-refractivity contribution in [1.82, 2.24) is 9.66 Å². The molecule has 0 spiro atoms. The lowest BCUT2D eigenvalue weighted by atomic mass is 10.2. The van der Waals surface area contributed by atoms with E-state index < -0.39 is 12.1 Å². The molecule has 0 amide bonds. The number of carbonyl (C=O) groups is 1. The van der Waals surface area contributed by atoms with Crippen LogP contribution in [0.5, 0.6) is 11.5 Å². The van der Waals surface area contributed by atoms with E-state index in [9.17, 15) is 4.79 Å². The molecule has 8 heteroatoms. The van der Waals surface area contributed by atoms with Crippen LogP contribution in [0, 0.1) is 6.92 Å². The molecule has 1 heterocycles. The predicted octanol–water partition coefficient (Wildman–Crippen LogP) is 2.39. The second-order valence-electron chi connectivity index (χ2n) is 5.48. The highest BCUT2D eigenvalue weighted by atomic mass is 16.6. The minimum absolute atomic E-state index is 0.303. The summed E-state index contributed by atoms with van der Waals surface area (Å²) in [5.74, 6) is 0.864. The van der Waals surface area contributed by atoms with Crippen molar-refractivity contribution in [3.8, 4) is 11.5 Å². The lowest BCUT2D eigenvalue weighted by molar-refractivity contribution is -0.150. The van der Waals surface area contributed by atoms with Crippen molar-refractivity contribution >= 4 is 18.1 Å². The van der Waals surface area contributed by atoms with Gasteiger partial charge in [0.15, 0.2) is 17.6 Å². The SMILES string of the molecule is CCOC(=O)C(C)Oc1ccc(C=Nn2cc(C)nc2N)cc1OCC. The van der Waals surface area contributed by atoms with Crippen molar-refractivity contribution in [2.24, 2.45) is 5.10 Å². The fourth-order valence-electron chi connectivity index (χ4n) is 2.19. The number of aryl methyl sites for hydroxylation is 1. The van der Waals surface area contributed by atoms with Gasteiger partial charge in [0.25, 0.3) is 0 Å². The Kier molecular flexibility index (Phi) is 6.60. The van der Waals surface area contributed by atoms with Crippen LogP contribution in [0.1, 0.15) is 32.0 Å². The number of aromatic nitrogens is 2. The Bertz CT molecular complexity index is 785. The summed E-state index contributed by atoms with van der Waals surface area (Å²) in [6, 6.07) is 5.31. The first-order valence-electron chi connectivity index (χ1n) is 8.40. The molecule has 0 aliphatic heterocycles. The molecule has 1 unspecified atom stereocenters. The number of nitrogen functional groups attached to an aromatic ring is 1. The molecule has 1 aromatic carbocycles. The minimum atomic E-state index is -0.734. The lowest BCUT2D eigenvalue weighted by Crippen LogP contribution is -2.26. The number of nitrogens with two attached hydrogens (primary N) is 1. The zero-order valence-electron chi connectivity index (χ0n) is 15.4. The van der Waals surface area contributed by atoms with E-state index in [2.05, 4.69) is 10.1 Å². The van der Waals surface area contributed by atoms with Gasteiger partial charge in [0.05, 0.1) is 31.3 Å². The maximum absolute atomic E-state index is 11.7. The topological polar surface area (TPSA) is 101 Å². The van der Waals surface area contributed by atoms with Gasteiger partial charge in [-0.3, -0.25) is 0 Å². The summed E-state index contributed by atoms with van der Waals surface area (Å²) in [5, 5.41) is 4.27. The molecule has 2 aromatic rings. The van der Waals surface area contributed by atoms with E-state index in [-0.39, 0.29) is 0 Å². The number of hydrogen-bond donors (Lipinski definition) is 1. The summed E-state index contributed by atoms with van der Waals surface area (Å²) < 4.78 is 17.7. The third-order valence-electron chi connectivity index (χ3n) is 3.36. The average molecular weight is 360 g/mol. The molecule has 26 heavy (non-hydrogen) atoms. The zero-order valence-corrected chi connectivity index (χ0v) is 15.4. The van der Waals surface area contributed by atoms with Crippen molar-refractivity contribution < 1.29 is 19.0 Å². The van der Waals surface area contributed by atoms with Gasteiger partial charge in [-0.2, -0.15) is 5.10 Å². The molecular formula is C18H24N4O4. The van der Waals surface area contributed by atoms with Crippen molar-refractivity contribution in [1.29, 1.82) is 0 Å². The van der Waals surface area contributed by atoms with E-state index in [1.165, 1.54) is 4.68 Å². The number of esters is 1. The maximum atomic E-state index is 11.7. The summed E-state index contributed by atoms with van der Waals surface area (Å²) in [6.07, 6.45) is 2.63. The number of imidazole rings is 1. The summed E-state index contributed by atoms with van der Waals surface area (Å²) in [6.45, 7) is 7.85. The largest absolute Gasteiger partial charge is 0.490 e. The average Bonchev–Trinajstić information content (AvgIpc) is 2.92. The molecule has 0 aliphatic carbocycles. The number of nitrogens with zero attached hydrogens (tertiary/aromatic N) is 3. The third kappa shape index (κ3) is 4.98. The van der Waals surface area contributed by atoms with Crippen molar-refractivity contribution in [2.45, 2.75) is 33.8 Å². The lowest BCUT2D eigenvalue weighted by Gasteiger charge is -2.16. The van der Waals surface area contributed by atoms with Crippen molar-refractivity contribution in [3.63, 3.8) is 0 Å². The molecule has 2 N–H and O–H groups in total. The minimum Gasteiger partial charge on any atom is -0.490 e. The molecule has 0 fully saturated rings. The molecular weight excluding hydrogens is 336 g/mol. The van der Waals surface area contributed by atoms with Crippen molar-refractivity contribution in [2.75, 3.05) is 18.9 Å². The van der Waals surface area contributed by atoms with Crippen LogP contribution < -0.4 is 15.2 Å². The van der Waals surface area contributed by atoms with Gasteiger partial charge in [-0.15, -0.1) is 0 Å². The van der Waals surface area contributed by atoms with Crippen LogP contribution in [0.4, 0.5) is 5.95 Å². The Morgan fingerprint density at radius 2 is 2.12 bits per heavy atom. The Labute approximate surface area is 152 Å². The van der Waals surface area contributed by atoms with Crippen LogP contribution >= 0.6 is 0 Å². The molecule has 0 bridgehead atoms. The first kappa shape index (κ1) is 19.3. The molecule has 1 aromatic heterocycles. The van der Waals surface area contributed by atoms with Crippen LogP contribution in [0.25, 0.3) is 0 Å². The highest BCUT2D eigenvalue weighted by Crippen LogP contribution is 2.29. The van der Waals surface area contributed by atoms with Crippen LogP contribution in [0.15, 0.2) is 29.5 Å². The van der Waals surface area contributed by atoms with Gasteiger partial charge in [0.2, 0.25) is 5.95 Å². The fraction of sp³-hybridized carbons (Fsp3) is 0.389. The van der Waals surface area contributed by atoms with E-state index in [1.807, 2.05) is 13.8 Å². The predicted molar refractivity (Wildman–Crippen MR) is 98.7 cm³/mol. The fourth-order valence-corrected chi connectivity index (χ4v) is 2.19. The normalized spacial score (nSPS) is 12.2. The standard InChI is InChI=1S/C18H24N4O4/c1-5-24-16-9-14(10-20-22-11-12(3)21-18(22)19)7-8-15(16)26-13(4)17(23)25-6-2/h7-11,13H,5-6H2,1-4H3,(H2,19,21). The third-order valence-corrected chi connectivity index (χ3v) is 3.36. The monoisotopic (exact) mass is 360 g/mol. The molecule has 140 valence electrons. The Hall–Kier alpha value is -3.03. The first-order valence-corrected chi connectivity index (χ1v) is 8.40. The maximum Gasteiger partial charge on any atom is 0.347 e. The quantitative estimate of drug-likeness (QED) is 0.573. The van der Waals surface area contributed by atoms with Crippen LogP contribution in [-0.4, -0.2) is 41.2 Å². The summed E-state index contributed by atoms with van der Waals surface area (Å²) in [4.78, 5) is 15.8. The second kappa shape index (κ2) is 8.89. The highest BCUT2D eigenvalue weighted by Gasteiger charge is 2.18. The van der Waals surface area contributed by atoms with Gasteiger partial charge in [-0.1, -0.05) is 0 Å². The van der Waals surface area contributed by atoms with E-state index in [0.29, 0.717) is 30.7 Å². The van der Waals surface area contributed by atoms with Gasteiger partial charge < -0.3 is 19.9 Å². The highest BCUT2D eigenvalue weighted by molar-refractivity contribution is 5.81. The zero-order chi connectivity index (χ0) is 19.1. The van der Waals surface area contributed by atoms with Gasteiger partial charge in [-0.05, 0) is 51.5 Å². The summed E-state index contributed by atoms with van der Waals surface area (Å²) in [5.41, 5.74) is 7.34. The van der Waals surface area contributed by atoms with Gasteiger partial charge in [-0.25, -0.2) is 14.5 Å². The number of carbonyl (C=O) groups excluding carboxylic acids is 1. The second-order valence-corrected chi connectivity index (χ2v) is 5.48. The molecule has 0 radical (unpaired) electrons. The van der Waals surface area contributed by atoms with Crippen molar-refractivity contribution in [3.05, 3.63) is 35.7 Å².